The normalized spacial score (nSPS) is 16.4. The zero-order valence-electron chi connectivity index (χ0n) is 18.8. The molecule has 2 saturated heterocycles. The third-order valence-electron chi connectivity index (χ3n) is 5.58. The van der Waals surface area contributed by atoms with Crippen molar-refractivity contribution in [3.63, 3.8) is 0 Å². The summed E-state index contributed by atoms with van der Waals surface area (Å²) in [4.78, 5) is 31.9. The molecule has 2 aliphatic heterocycles. The van der Waals surface area contributed by atoms with Gasteiger partial charge in [0.05, 0.1) is 28.6 Å². The molecule has 0 spiro atoms. The summed E-state index contributed by atoms with van der Waals surface area (Å²) in [6, 6.07) is 0. The molecule has 2 fully saturated rings. The molecule has 13 heteroatoms. The lowest BCUT2D eigenvalue weighted by atomic mass is 9.96. The van der Waals surface area contributed by atoms with Crippen LogP contribution in [-0.4, -0.2) is 48.0 Å². The maximum Gasteiger partial charge on any atom is 0.220 e. The number of halogens is 5. The van der Waals surface area contributed by atoms with Crippen LogP contribution in [0.15, 0.2) is 42.7 Å². The van der Waals surface area contributed by atoms with Crippen LogP contribution in [0.4, 0.5) is 5.69 Å². The number of piperidine rings is 2. The Balaban J connectivity index is 0.000000203. The van der Waals surface area contributed by atoms with Crippen LogP contribution in [0.5, 0.6) is 0 Å². The summed E-state index contributed by atoms with van der Waals surface area (Å²) in [5.41, 5.74) is 11.5. The Morgan fingerprint density at radius 2 is 1.20 bits per heavy atom. The first-order chi connectivity index (χ1) is 16.6. The fourth-order valence-electron chi connectivity index (χ4n) is 3.60. The van der Waals surface area contributed by atoms with E-state index in [1.54, 1.807) is 24.8 Å². The maximum absolute atomic E-state index is 11.1. The molecule has 0 atom stereocenters. The summed E-state index contributed by atoms with van der Waals surface area (Å²) < 4.78 is 3.53. The van der Waals surface area contributed by atoms with Crippen molar-refractivity contribution in [2.24, 2.45) is 23.3 Å². The van der Waals surface area contributed by atoms with Crippen molar-refractivity contribution in [3.8, 4) is 0 Å². The van der Waals surface area contributed by atoms with E-state index in [0.717, 1.165) is 75.4 Å². The number of amides is 2. The van der Waals surface area contributed by atoms with Gasteiger partial charge in [0.2, 0.25) is 11.8 Å². The molecule has 0 aliphatic carbocycles. The number of carbonyl (C=O) groups is 2. The highest BCUT2D eigenvalue weighted by Crippen LogP contribution is 2.35. The molecule has 2 amide bonds. The SMILES string of the molecule is Clc1c(Br)cncc1Br.NC(=O)C1CCN(c2c(Br)cncc2Br)CC1.NC(=O)C1CCNCC1. The minimum absolute atomic E-state index is 0.0191. The lowest BCUT2D eigenvalue weighted by Crippen LogP contribution is -2.38. The Kier molecular flexibility index (Phi) is 13.4. The molecular formula is C22H27Br4ClN6O2. The highest BCUT2D eigenvalue weighted by molar-refractivity contribution is 9.11. The number of hydrogen-bond donors (Lipinski definition) is 3. The number of carbonyl (C=O) groups excluding carboxylic acids is 2. The van der Waals surface area contributed by atoms with Crippen LogP contribution in [0, 0.1) is 11.8 Å². The van der Waals surface area contributed by atoms with Crippen molar-refractivity contribution in [2.45, 2.75) is 25.7 Å². The van der Waals surface area contributed by atoms with Crippen molar-refractivity contribution in [1.29, 1.82) is 0 Å². The molecule has 2 aromatic rings. The zero-order valence-corrected chi connectivity index (χ0v) is 25.9. The molecule has 4 rings (SSSR count). The number of aromatic nitrogens is 2. The molecule has 192 valence electrons. The second-order valence-corrected chi connectivity index (χ2v) is 11.8. The van der Waals surface area contributed by atoms with Gasteiger partial charge in [0, 0.05) is 49.7 Å². The number of nitrogens with one attached hydrogen (secondary N) is 1. The third kappa shape index (κ3) is 9.88. The zero-order chi connectivity index (χ0) is 26.0. The minimum Gasteiger partial charge on any atom is -0.370 e. The predicted molar refractivity (Wildman–Crippen MR) is 153 cm³/mol. The molecule has 2 aromatic heterocycles. The fourth-order valence-corrected chi connectivity index (χ4v) is 6.05. The summed E-state index contributed by atoms with van der Waals surface area (Å²) in [5, 5.41) is 3.82. The van der Waals surface area contributed by atoms with Gasteiger partial charge >= 0.3 is 0 Å². The lowest BCUT2D eigenvalue weighted by Gasteiger charge is -2.33. The van der Waals surface area contributed by atoms with Gasteiger partial charge in [-0.05, 0) is 102 Å². The standard InChI is InChI=1S/C11H13Br2N3O.C6H12N2O.C5H2Br2ClN/c12-8-5-15-6-9(13)10(8)16-3-1-7(2-4-16)11(14)17;7-6(9)5-1-3-8-4-2-5;6-3-1-9-2-4(7)5(3)8/h5-7H,1-4H2,(H2,14,17);5,8H,1-4H2,(H2,7,9);1-2H. The Morgan fingerprint density at radius 1 is 0.800 bits per heavy atom. The van der Waals surface area contributed by atoms with Gasteiger partial charge in [-0.25, -0.2) is 0 Å². The van der Waals surface area contributed by atoms with Crippen LogP contribution >= 0.6 is 75.3 Å². The van der Waals surface area contributed by atoms with E-state index in [-0.39, 0.29) is 23.7 Å². The molecule has 0 radical (unpaired) electrons. The molecule has 5 N–H and O–H groups in total. The van der Waals surface area contributed by atoms with Gasteiger partial charge in [0.1, 0.15) is 0 Å². The smallest absolute Gasteiger partial charge is 0.220 e. The van der Waals surface area contributed by atoms with Gasteiger partial charge in [-0.15, -0.1) is 0 Å². The first-order valence-electron chi connectivity index (χ1n) is 10.9. The van der Waals surface area contributed by atoms with Crippen molar-refractivity contribution in [2.75, 3.05) is 31.1 Å². The van der Waals surface area contributed by atoms with E-state index in [0.29, 0.717) is 5.02 Å². The first-order valence-corrected chi connectivity index (χ1v) is 14.4. The maximum atomic E-state index is 11.1. The molecular weight excluding hydrogens is 735 g/mol. The topological polar surface area (TPSA) is 127 Å². The number of hydrogen-bond acceptors (Lipinski definition) is 6. The molecule has 0 bridgehead atoms. The number of pyridine rings is 2. The average molecular weight is 763 g/mol. The van der Waals surface area contributed by atoms with E-state index < -0.39 is 0 Å². The number of nitrogens with zero attached hydrogens (tertiary/aromatic N) is 3. The fraction of sp³-hybridized carbons (Fsp3) is 0.455. The minimum atomic E-state index is -0.183. The van der Waals surface area contributed by atoms with Crippen LogP contribution < -0.4 is 21.7 Å². The van der Waals surface area contributed by atoms with Crippen LogP contribution in [-0.2, 0) is 9.59 Å². The van der Waals surface area contributed by atoms with E-state index in [1.807, 2.05) is 0 Å². The summed E-state index contributed by atoms with van der Waals surface area (Å²) in [5.74, 6) is -0.175. The van der Waals surface area contributed by atoms with Crippen LogP contribution in [0.3, 0.4) is 0 Å². The van der Waals surface area contributed by atoms with Crippen molar-refractivity contribution in [3.05, 3.63) is 47.7 Å². The Bertz CT molecular complexity index is 961. The molecule has 0 saturated carbocycles. The van der Waals surface area contributed by atoms with Gasteiger partial charge in [0.15, 0.2) is 0 Å². The number of primary amides is 2. The van der Waals surface area contributed by atoms with E-state index in [2.05, 4.69) is 83.9 Å². The second kappa shape index (κ2) is 15.5. The molecule has 0 aromatic carbocycles. The van der Waals surface area contributed by atoms with E-state index in [4.69, 9.17) is 23.1 Å². The molecule has 8 nitrogen and oxygen atoms in total. The summed E-state index contributed by atoms with van der Waals surface area (Å²) in [7, 11) is 0. The van der Waals surface area contributed by atoms with Gasteiger partial charge < -0.3 is 21.7 Å². The molecule has 2 aliphatic rings. The average Bonchev–Trinajstić information content (AvgIpc) is 2.84. The van der Waals surface area contributed by atoms with E-state index >= 15 is 0 Å². The molecule has 0 unspecified atom stereocenters. The quantitative estimate of drug-likeness (QED) is 0.403. The van der Waals surface area contributed by atoms with Crippen LogP contribution in [0.25, 0.3) is 0 Å². The van der Waals surface area contributed by atoms with E-state index in [1.165, 1.54) is 0 Å². The summed E-state index contributed by atoms with van der Waals surface area (Å²) >= 11 is 19.2. The summed E-state index contributed by atoms with van der Waals surface area (Å²) in [6.45, 7) is 3.56. The highest BCUT2D eigenvalue weighted by atomic mass is 79.9. The summed E-state index contributed by atoms with van der Waals surface area (Å²) in [6.07, 6.45) is 10.3. The van der Waals surface area contributed by atoms with Gasteiger partial charge in [0.25, 0.3) is 0 Å². The van der Waals surface area contributed by atoms with Gasteiger partial charge in [-0.1, -0.05) is 11.6 Å². The molecule has 4 heterocycles. The highest BCUT2D eigenvalue weighted by Gasteiger charge is 2.25. The van der Waals surface area contributed by atoms with Crippen molar-refractivity contribution >= 4 is 92.8 Å². The van der Waals surface area contributed by atoms with Gasteiger partial charge in [-0.3, -0.25) is 19.6 Å². The largest absolute Gasteiger partial charge is 0.370 e. The monoisotopic (exact) mass is 758 g/mol. The molecule has 35 heavy (non-hydrogen) atoms. The van der Waals surface area contributed by atoms with Gasteiger partial charge in [-0.2, -0.15) is 0 Å². The van der Waals surface area contributed by atoms with Crippen LogP contribution in [0.2, 0.25) is 5.02 Å². The number of rotatable bonds is 3. The van der Waals surface area contributed by atoms with Crippen molar-refractivity contribution in [1.82, 2.24) is 15.3 Å². The van der Waals surface area contributed by atoms with Crippen LogP contribution in [0.1, 0.15) is 25.7 Å². The Labute approximate surface area is 243 Å². The third-order valence-corrected chi connectivity index (χ3v) is 8.81. The first kappa shape index (κ1) is 30.4. The Hall–Kier alpha value is -0.790. The van der Waals surface area contributed by atoms with Crippen molar-refractivity contribution < 1.29 is 9.59 Å². The number of nitrogens with two attached hydrogens (primary N) is 2. The number of anilines is 1. The van der Waals surface area contributed by atoms with E-state index in [9.17, 15) is 9.59 Å². The Morgan fingerprint density at radius 3 is 1.57 bits per heavy atom. The predicted octanol–water partition coefficient (Wildman–Crippen LogP) is 5.04. The lowest BCUT2D eigenvalue weighted by molar-refractivity contribution is -0.123. The second-order valence-electron chi connectivity index (χ2n) is 7.96.